The van der Waals surface area contributed by atoms with Crippen molar-refractivity contribution in [2.45, 2.75) is 38.5 Å². The summed E-state index contributed by atoms with van der Waals surface area (Å²) in [6.45, 7) is 3.71. The van der Waals surface area contributed by atoms with Crippen LogP contribution in [0.3, 0.4) is 0 Å². The maximum absolute atomic E-state index is 15.1. The van der Waals surface area contributed by atoms with Gasteiger partial charge in [-0.1, -0.05) is 12.1 Å². The molecule has 0 aliphatic heterocycles. The van der Waals surface area contributed by atoms with Crippen molar-refractivity contribution in [2.75, 3.05) is 6.61 Å². The second-order valence-corrected chi connectivity index (χ2v) is 8.89. The number of H-pyrrole nitrogens is 1. The number of nitrogens with zero attached hydrogens (tertiary/aromatic N) is 2. The van der Waals surface area contributed by atoms with Crippen LogP contribution in [0.1, 0.15) is 29.9 Å². The first kappa shape index (κ1) is 26.1. The number of rotatable bonds is 10. The van der Waals surface area contributed by atoms with E-state index in [1.165, 1.54) is 30.3 Å². The van der Waals surface area contributed by atoms with E-state index in [-0.39, 0.29) is 41.8 Å². The van der Waals surface area contributed by atoms with Crippen molar-refractivity contribution in [2.24, 2.45) is 0 Å². The van der Waals surface area contributed by atoms with Crippen LogP contribution in [0.2, 0.25) is 0 Å². The SMILES string of the molecule is CC(C)OC[C@@H](O)[C@@H](Cc1ccccn1)NC(=O)c1cccc(F)c1-c1cc(-c2ccc(F)cc2)n[nH]1. The number of nitrogens with one attached hydrogen (secondary N) is 2. The van der Waals surface area contributed by atoms with E-state index in [0.29, 0.717) is 17.0 Å². The molecule has 0 bridgehead atoms. The van der Waals surface area contributed by atoms with E-state index in [1.807, 2.05) is 19.9 Å². The molecule has 2 heterocycles. The van der Waals surface area contributed by atoms with Crippen LogP contribution >= 0.6 is 0 Å². The average molecular weight is 507 g/mol. The maximum atomic E-state index is 15.1. The average Bonchev–Trinajstić information content (AvgIpc) is 3.37. The molecule has 2 aromatic heterocycles. The van der Waals surface area contributed by atoms with Crippen LogP contribution in [0.15, 0.2) is 72.9 Å². The third kappa shape index (κ3) is 6.63. The molecule has 1 amide bonds. The van der Waals surface area contributed by atoms with Crippen molar-refractivity contribution in [3.8, 4) is 22.5 Å². The van der Waals surface area contributed by atoms with Gasteiger partial charge in [0.15, 0.2) is 0 Å². The van der Waals surface area contributed by atoms with Gasteiger partial charge in [0.1, 0.15) is 11.6 Å². The summed E-state index contributed by atoms with van der Waals surface area (Å²) in [5.41, 5.74) is 2.16. The zero-order valence-electron chi connectivity index (χ0n) is 20.5. The Bertz CT molecular complexity index is 1330. The lowest BCUT2D eigenvalue weighted by Crippen LogP contribution is -2.47. The zero-order chi connectivity index (χ0) is 26.4. The molecule has 3 N–H and O–H groups in total. The Balaban J connectivity index is 1.61. The topological polar surface area (TPSA) is 100 Å². The van der Waals surface area contributed by atoms with Crippen molar-refractivity contribution < 1.29 is 23.4 Å². The van der Waals surface area contributed by atoms with Gasteiger partial charge in [-0.3, -0.25) is 14.9 Å². The molecule has 37 heavy (non-hydrogen) atoms. The summed E-state index contributed by atoms with van der Waals surface area (Å²) >= 11 is 0. The van der Waals surface area contributed by atoms with Gasteiger partial charge >= 0.3 is 0 Å². The molecular weight excluding hydrogens is 478 g/mol. The van der Waals surface area contributed by atoms with Gasteiger partial charge in [0, 0.05) is 29.4 Å². The largest absolute Gasteiger partial charge is 0.389 e. The molecule has 0 saturated heterocycles. The number of halogens is 2. The lowest BCUT2D eigenvalue weighted by Gasteiger charge is -2.25. The first-order valence-electron chi connectivity index (χ1n) is 11.9. The highest BCUT2D eigenvalue weighted by atomic mass is 19.1. The number of pyridine rings is 1. The van der Waals surface area contributed by atoms with Crippen molar-refractivity contribution in [3.63, 3.8) is 0 Å². The maximum Gasteiger partial charge on any atom is 0.252 e. The molecule has 4 aromatic rings. The summed E-state index contributed by atoms with van der Waals surface area (Å²) in [5, 5.41) is 20.6. The number of ether oxygens (including phenoxy) is 1. The van der Waals surface area contributed by atoms with Crippen LogP contribution in [-0.4, -0.2) is 51.1 Å². The Morgan fingerprint density at radius 1 is 1.08 bits per heavy atom. The number of hydrogen-bond acceptors (Lipinski definition) is 5. The Morgan fingerprint density at radius 2 is 1.86 bits per heavy atom. The van der Waals surface area contributed by atoms with Gasteiger partial charge in [-0.05, 0) is 68.4 Å². The molecule has 0 saturated carbocycles. The van der Waals surface area contributed by atoms with Gasteiger partial charge in [0.25, 0.3) is 5.91 Å². The Morgan fingerprint density at radius 3 is 2.57 bits per heavy atom. The van der Waals surface area contributed by atoms with Gasteiger partial charge in [0.05, 0.1) is 41.8 Å². The number of carbonyl (C=O) groups is 1. The second kappa shape index (κ2) is 11.9. The lowest BCUT2D eigenvalue weighted by molar-refractivity contribution is -0.00922. The first-order valence-corrected chi connectivity index (χ1v) is 11.9. The highest BCUT2D eigenvalue weighted by Crippen LogP contribution is 2.29. The fourth-order valence-corrected chi connectivity index (χ4v) is 3.89. The molecule has 0 unspecified atom stereocenters. The molecule has 0 aliphatic carbocycles. The van der Waals surface area contributed by atoms with E-state index >= 15 is 4.39 Å². The number of hydrogen-bond donors (Lipinski definition) is 3. The summed E-state index contributed by atoms with van der Waals surface area (Å²) in [6.07, 6.45) is 0.750. The van der Waals surface area contributed by atoms with Crippen LogP contribution in [0.25, 0.3) is 22.5 Å². The highest BCUT2D eigenvalue weighted by molar-refractivity contribution is 6.01. The van der Waals surface area contributed by atoms with Gasteiger partial charge in [-0.25, -0.2) is 8.78 Å². The van der Waals surface area contributed by atoms with E-state index in [2.05, 4.69) is 20.5 Å². The molecule has 0 aliphatic rings. The summed E-state index contributed by atoms with van der Waals surface area (Å²) in [7, 11) is 0. The Hall–Kier alpha value is -3.95. The molecule has 192 valence electrons. The van der Waals surface area contributed by atoms with Crippen LogP contribution in [0.4, 0.5) is 8.78 Å². The molecule has 2 atom stereocenters. The fraction of sp³-hybridized carbons (Fsp3) is 0.250. The van der Waals surface area contributed by atoms with Crippen LogP contribution in [0, 0.1) is 11.6 Å². The molecular formula is C28H28F2N4O3. The predicted octanol–water partition coefficient (Wildman–Crippen LogP) is 4.54. The minimum atomic E-state index is -1.03. The van der Waals surface area contributed by atoms with E-state index in [9.17, 15) is 14.3 Å². The van der Waals surface area contributed by atoms with Gasteiger partial charge in [-0.2, -0.15) is 5.10 Å². The van der Waals surface area contributed by atoms with E-state index in [0.717, 1.165) is 0 Å². The van der Waals surface area contributed by atoms with E-state index in [4.69, 9.17) is 4.74 Å². The third-order valence-electron chi connectivity index (χ3n) is 5.78. The number of benzene rings is 2. The summed E-state index contributed by atoms with van der Waals surface area (Å²) < 4.78 is 33.9. The predicted molar refractivity (Wildman–Crippen MR) is 136 cm³/mol. The van der Waals surface area contributed by atoms with Crippen LogP contribution in [-0.2, 0) is 11.2 Å². The number of carbonyl (C=O) groups excluding carboxylic acids is 1. The van der Waals surface area contributed by atoms with E-state index < -0.39 is 23.9 Å². The number of aromatic amines is 1. The molecule has 0 fully saturated rings. The highest BCUT2D eigenvalue weighted by Gasteiger charge is 2.26. The smallest absolute Gasteiger partial charge is 0.252 e. The number of aromatic nitrogens is 3. The van der Waals surface area contributed by atoms with Gasteiger partial charge in [-0.15, -0.1) is 0 Å². The molecule has 0 spiro atoms. The second-order valence-electron chi connectivity index (χ2n) is 8.89. The normalized spacial score (nSPS) is 12.9. The first-order chi connectivity index (χ1) is 17.8. The quantitative estimate of drug-likeness (QED) is 0.293. The number of amides is 1. The zero-order valence-corrected chi connectivity index (χ0v) is 20.5. The van der Waals surface area contributed by atoms with Gasteiger partial charge < -0.3 is 15.2 Å². The van der Waals surface area contributed by atoms with Gasteiger partial charge in [0.2, 0.25) is 0 Å². The minimum Gasteiger partial charge on any atom is -0.389 e. The monoisotopic (exact) mass is 506 g/mol. The molecule has 2 aromatic carbocycles. The molecule has 7 nitrogen and oxygen atoms in total. The Kier molecular flexibility index (Phi) is 8.37. The summed E-state index contributed by atoms with van der Waals surface area (Å²) in [4.78, 5) is 17.7. The van der Waals surface area contributed by atoms with Crippen molar-refractivity contribution in [3.05, 3.63) is 95.8 Å². The van der Waals surface area contributed by atoms with E-state index in [1.54, 1.807) is 36.5 Å². The lowest BCUT2D eigenvalue weighted by atomic mass is 10.00. The summed E-state index contributed by atoms with van der Waals surface area (Å²) in [6, 6.07) is 16.2. The van der Waals surface area contributed by atoms with Crippen molar-refractivity contribution in [1.82, 2.24) is 20.5 Å². The third-order valence-corrected chi connectivity index (χ3v) is 5.78. The van der Waals surface area contributed by atoms with Crippen molar-refractivity contribution in [1.29, 1.82) is 0 Å². The number of aliphatic hydroxyl groups excluding tert-OH is 1. The van der Waals surface area contributed by atoms with Crippen molar-refractivity contribution >= 4 is 5.91 Å². The number of aliphatic hydroxyl groups is 1. The minimum absolute atomic E-state index is 0.00698. The molecule has 4 rings (SSSR count). The Labute approximate surface area is 213 Å². The fourth-order valence-electron chi connectivity index (χ4n) is 3.89. The molecule has 9 heteroatoms. The summed E-state index contributed by atoms with van der Waals surface area (Å²) in [5.74, 6) is -1.57. The van der Waals surface area contributed by atoms with Crippen LogP contribution < -0.4 is 5.32 Å². The molecule has 0 radical (unpaired) electrons. The standard InChI is InChI=1S/C28H28F2N4O3/c1-17(2)37-16-26(35)24(14-20-6-3-4-13-31-20)32-28(36)21-7-5-8-22(30)27(21)25-15-23(33-34-25)18-9-11-19(29)12-10-18/h3-13,15,17,24,26,35H,14,16H2,1-2H3,(H,32,36)(H,33,34)/t24-,26-/m1/s1. The van der Waals surface area contributed by atoms with Crippen LogP contribution in [0.5, 0.6) is 0 Å².